The zero-order valence-corrected chi connectivity index (χ0v) is 10.4. The molecule has 1 aromatic carbocycles. The summed E-state index contributed by atoms with van der Waals surface area (Å²) in [5.41, 5.74) is 6.20. The standard InChI is InChI=1S/C15H14N2O/c1-9-4-3-5-12-14(9)15(10(2)16-12)13-7-6-11(8-18)17-13/h3-8,16-17H,1-2H3. The van der Waals surface area contributed by atoms with E-state index < -0.39 is 0 Å². The van der Waals surface area contributed by atoms with Crippen molar-refractivity contribution in [2.24, 2.45) is 0 Å². The number of hydrogen-bond acceptors (Lipinski definition) is 1. The minimum Gasteiger partial charge on any atom is -0.358 e. The van der Waals surface area contributed by atoms with Crippen LogP contribution in [0.2, 0.25) is 0 Å². The molecule has 0 aliphatic rings. The number of carbonyl (C=O) groups is 1. The Morgan fingerprint density at radius 2 is 1.89 bits per heavy atom. The second-order valence-electron chi connectivity index (χ2n) is 4.57. The summed E-state index contributed by atoms with van der Waals surface area (Å²) in [5.74, 6) is 0. The maximum Gasteiger partial charge on any atom is 0.166 e. The van der Waals surface area contributed by atoms with E-state index in [9.17, 15) is 4.79 Å². The highest BCUT2D eigenvalue weighted by Crippen LogP contribution is 2.33. The molecule has 90 valence electrons. The van der Waals surface area contributed by atoms with Gasteiger partial charge in [-0.15, -0.1) is 0 Å². The van der Waals surface area contributed by atoms with Gasteiger partial charge in [0.15, 0.2) is 6.29 Å². The van der Waals surface area contributed by atoms with Crippen LogP contribution in [0.5, 0.6) is 0 Å². The van der Waals surface area contributed by atoms with Gasteiger partial charge in [-0.2, -0.15) is 0 Å². The molecule has 2 aromatic heterocycles. The van der Waals surface area contributed by atoms with Crippen molar-refractivity contribution in [2.45, 2.75) is 13.8 Å². The number of aryl methyl sites for hydroxylation is 2. The molecule has 0 amide bonds. The zero-order valence-electron chi connectivity index (χ0n) is 10.4. The number of rotatable bonds is 2. The van der Waals surface area contributed by atoms with Crippen molar-refractivity contribution in [2.75, 3.05) is 0 Å². The highest BCUT2D eigenvalue weighted by atomic mass is 16.1. The third-order valence-corrected chi connectivity index (χ3v) is 3.32. The molecule has 0 aliphatic carbocycles. The largest absolute Gasteiger partial charge is 0.358 e. The topological polar surface area (TPSA) is 48.6 Å². The Bertz CT molecular complexity index is 734. The number of carbonyl (C=O) groups excluding carboxylic acids is 1. The van der Waals surface area contributed by atoms with Gasteiger partial charge in [0.1, 0.15) is 0 Å². The van der Waals surface area contributed by atoms with Gasteiger partial charge in [0.2, 0.25) is 0 Å². The van der Waals surface area contributed by atoms with E-state index in [1.54, 1.807) is 6.07 Å². The number of H-pyrrole nitrogens is 2. The molecule has 0 saturated heterocycles. The van der Waals surface area contributed by atoms with Crippen LogP contribution in [-0.2, 0) is 0 Å². The molecular weight excluding hydrogens is 224 g/mol. The SMILES string of the molecule is Cc1[nH]c2cccc(C)c2c1-c1ccc(C=O)[nH]1. The number of fused-ring (bicyclic) bond motifs is 1. The second-order valence-corrected chi connectivity index (χ2v) is 4.57. The number of aldehydes is 1. The van der Waals surface area contributed by atoms with Crippen molar-refractivity contribution in [1.29, 1.82) is 0 Å². The maximum absolute atomic E-state index is 10.8. The number of aromatic amines is 2. The van der Waals surface area contributed by atoms with E-state index in [1.807, 2.05) is 12.1 Å². The zero-order chi connectivity index (χ0) is 12.7. The van der Waals surface area contributed by atoms with Crippen LogP contribution in [0.15, 0.2) is 30.3 Å². The van der Waals surface area contributed by atoms with E-state index in [1.165, 1.54) is 10.9 Å². The van der Waals surface area contributed by atoms with Crippen molar-refractivity contribution in [3.8, 4) is 11.3 Å². The van der Waals surface area contributed by atoms with Crippen LogP contribution in [0.25, 0.3) is 22.2 Å². The van der Waals surface area contributed by atoms with Gasteiger partial charge in [-0.05, 0) is 37.6 Å². The van der Waals surface area contributed by atoms with Crippen LogP contribution in [0.3, 0.4) is 0 Å². The van der Waals surface area contributed by atoms with E-state index in [4.69, 9.17) is 0 Å². The Hall–Kier alpha value is -2.29. The minimum atomic E-state index is 0.604. The highest BCUT2D eigenvalue weighted by Gasteiger charge is 2.13. The molecule has 0 fully saturated rings. The lowest BCUT2D eigenvalue weighted by atomic mass is 10.0. The lowest BCUT2D eigenvalue weighted by molar-refractivity contribution is 0.111. The third kappa shape index (κ3) is 1.48. The Kier molecular flexibility index (Phi) is 2.33. The number of aromatic nitrogens is 2. The van der Waals surface area contributed by atoms with Crippen LogP contribution in [-0.4, -0.2) is 16.3 Å². The fourth-order valence-corrected chi connectivity index (χ4v) is 2.52. The first-order valence-corrected chi connectivity index (χ1v) is 5.93. The lowest BCUT2D eigenvalue weighted by Gasteiger charge is -2.01. The molecule has 3 rings (SSSR count). The van der Waals surface area contributed by atoms with Gasteiger partial charge < -0.3 is 9.97 Å². The van der Waals surface area contributed by atoms with Gasteiger partial charge >= 0.3 is 0 Å². The highest BCUT2D eigenvalue weighted by molar-refractivity contribution is 5.99. The van der Waals surface area contributed by atoms with E-state index in [0.29, 0.717) is 5.69 Å². The molecule has 0 unspecified atom stereocenters. The molecule has 0 saturated carbocycles. The molecule has 0 radical (unpaired) electrons. The molecule has 3 heteroatoms. The van der Waals surface area contributed by atoms with E-state index in [-0.39, 0.29) is 0 Å². The predicted molar refractivity (Wildman–Crippen MR) is 72.9 cm³/mol. The van der Waals surface area contributed by atoms with Gasteiger partial charge in [-0.3, -0.25) is 4.79 Å². The first-order valence-electron chi connectivity index (χ1n) is 5.93. The summed E-state index contributed by atoms with van der Waals surface area (Å²) in [6.07, 6.45) is 0.834. The van der Waals surface area contributed by atoms with E-state index in [2.05, 4.69) is 35.9 Å². The van der Waals surface area contributed by atoms with Crippen molar-refractivity contribution >= 4 is 17.2 Å². The molecule has 3 aromatic rings. The first kappa shape index (κ1) is 10.8. The van der Waals surface area contributed by atoms with Crippen LogP contribution >= 0.6 is 0 Å². The molecule has 3 nitrogen and oxygen atoms in total. The van der Waals surface area contributed by atoms with Crippen LogP contribution < -0.4 is 0 Å². The summed E-state index contributed by atoms with van der Waals surface area (Å²) >= 11 is 0. The Labute approximate surface area is 105 Å². The predicted octanol–water partition coefficient (Wildman–Crippen LogP) is 3.59. The van der Waals surface area contributed by atoms with E-state index >= 15 is 0 Å². The van der Waals surface area contributed by atoms with Gasteiger partial charge in [0.05, 0.1) is 5.69 Å². The van der Waals surface area contributed by atoms with Gasteiger partial charge in [-0.1, -0.05) is 12.1 Å². The summed E-state index contributed by atoms with van der Waals surface area (Å²) in [7, 11) is 0. The Morgan fingerprint density at radius 3 is 2.61 bits per heavy atom. The van der Waals surface area contributed by atoms with Crippen LogP contribution in [0, 0.1) is 13.8 Å². The fourth-order valence-electron chi connectivity index (χ4n) is 2.52. The third-order valence-electron chi connectivity index (χ3n) is 3.32. The molecule has 0 aliphatic heterocycles. The molecular formula is C15H14N2O. The molecule has 18 heavy (non-hydrogen) atoms. The smallest absolute Gasteiger partial charge is 0.166 e. The maximum atomic E-state index is 10.8. The summed E-state index contributed by atoms with van der Waals surface area (Å²) in [6, 6.07) is 9.97. The lowest BCUT2D eigenvalue weighted by Crippen LogP contribution is -1.83. The average molecular weight is 238 g/mol. The van der Waals surface area contributed by atoms with Crippen molar-refractivity contribution in [1.82, 2.24) is 9.97 Å². The number of benzene rings is 1. The van der Waals surface area contributed by atoms with Gasteiger partial charge in [0.25, 0.3) is 0 Å². The van der Waals surface area contributed by atoms with Gasteiger partial charge in [0, 0.05) is 27.9 Å². The molecule has 2 heterocycles. The van der Waals surface area contributed by atoms with Crippen molar-refractivity contribution in [3.05, 3.63) is 47.3 Å². The summed E-state index contributed by atoms with van der Waals surface area (Å²) in [5, 5.41) is 1.22. The summed E-state index contributed by atoms with van der Waals surface area (Å²) in [6.45, 7) is 4.15. The fraction of sp³-hybridized carbons (Fsp3) is 0.133. The minimum absolute atomic E-state index is 0.604. The van der Waals surface area contributed by atoms with Crippen LogP contribution in [0.4, 0.5) is 0 Å². The molecule has 0 bridgehead atoms. The summed E-state index contributed by atoms with van der Waals surface area (Å²) < 4.78 is 0. The van der Waals surface area contributed by atoms with Crippen molar-refractivity contribution < 1.29 is 4.79 Å². The Balaban J connectivity index is 2.34. The normalized spacial score (nSPS) is 11.0. The number of hydrogen-bond donors (Lipinski definition) is 2. The average Bonchev–Trinajstić information content (AvgIpc) is 2.92. The number of nitrogens with one attached hydrogen (secondary N) is 2. The Morgan fingerprint density at radius 1 is 1.06 bits per heavy atom. The van der Waals surface area contributed by atoms with Gasteiger partial charge in [-0.25, -0.2) is 0 Å². The first-order chi connectivity index (χ1) is 8.70. The van der Waals surface area contributed by atoms with Crippen molar-refractivity contribution in [3.63, 3.8) is 0 Å². The quantitative estimate of drug-likeness (QED) is 0.658. The van der Waals surface area contributed by atoms with E-state index in [0.717, 1.165) is 28.8 Å². The summed E-state index contributed by atoms with van der Waals surface area (Å²) in [4.78, 5) is 17.3. The molecule has 2 N–H and O–H groups in total. The molecule has 0 spiro atoms. The molecule has 0 atom stereocenters. The monoisotopic (exact) mass is 238 g/mol. The van der Waals surface area contributed by atoms with Crippen LogP contribution in [0.1, 0.15) is 21.7 Å². The second kappa shape index (κ2) is 3.88.